The van der Waals surface area contributed by atoms with Gasteiger partial charge in [0.2, 0.25) is 0 Å². The van der Waals surface area contributed by atoms with Gasteiger partial charge in [-0.05, 0) is 64.2 Å². The summed E-state index contributed by atoms with van der Waals surface area (Å²) in [5, 5.41) is 0. The quantitative estimate of drug-likeness (QED) is 0.0482. The maximum Gasteiger partial charge on any atom is 0.335 e. The average molecular weight is 1450 g/mol. The molecule has 1 heterocycles. The lowest BCUT2D eigenvalue weighted by Gasteiger charge is -2.35. The molecule has 0 aromatic carbocycles. The van der Waals surface area contributed by atoms with Gasteiger partial charge in [-0.1, -0.05) is 69.2 Å². The van der Waals surface area contributed by atoms with E-state index in [-0.39, 0.29) is 149 Å². The molecule has 0 saturated heterocycles. The minimum absolute atomic E-state index is 0.153. The van der Waals surface area contributed by atoms with E-state index < -0.39 is 93.0 Å². The van der Waals surface area contributed by atoms with E-state index in [1.165, 1.54) is 21.1 Å². The minimum Gasteiger partial charge on any atom is -0.465 e. The van der Waals surface area contributed by atoms with Crippen LogP contribution in [0.15, 0.2) is 14.4 Å². The molecule has 0 aliphatic rings. The molecule has 0 saturated carbocycles. The Bertz CT molecular complexity index is 2310. The maximum atomic E-state index is 12.4. The van der Waals surface area contributed by atoms with E-state index in [9.17, 15) is 62.3 Å². The number of methoxy groups -OCH3 is 4. The van der Waals surface area contributed by atoms with Gasteiger partial charge in [0.15, 0.2) is 0 Å². The first-order chi connectivity index (χ1) is 48.0. The van der Waals surface area contributed by atoms with Crippen LogP contribution in [0.25, 0.3) is 0 Å². The number of ether oxygens (including phenoxy) is 15. The van der Waals surface area contributed by atoms with Crippen molar-refractivity contribution in [2.45, 2.75) is 198 Å². The van der Waals surface area contributed by atoms with Crippen molar-refractivity contribution in [1.82, 2.24) is 13.7 Å². The van der Waals surface area contributed by atoms with E-state index in [0.29, 0.717) is 90.6 Å². The highest BCUT2D eigenvalue weighted by molar-refractivity contribution is 5.73. The van der Waals surface area contributed by atoms with E-state index in [4.69, 9.17) is 71.1 Å². The smallest absolute Gasteiger partial charge is 0.335 e. The normalized spacial score (nSPS) is 11.2. The van der Waals surface area contributed by atoms with Crippen LogP contribution in [0.4, 0.5) is 0 Å². The van der Waals surface area contributed by atoms with Gasteiger partial charge >= 0.3 is 76.8 Å². The largest absolute Gasteiger partial charge is 0.465 e. The molecule has 0 aliphatic heterocycles. The Morgan fingerprint density at radius 2 is 0.347 bits per heavy atom. The van der Waals surface area contributed by atoms with Crippen molar-refractivity contribution in [3.8, 4) is 0 Å². The van der Waals surface area contributed by atoms with Crippen molar-refractivity contribution in [2.75, 3.05) is 134 Å². The molecule has 1 rings (SSSR count). The molecule has 0 bridgehead atoms. The van der Waals surface area contributed by atoms with E-state index in [1.807, 2.05) is 69.2 Å². The van der Waals surface area contributed by atoms with Gasteiger partial charge in [-0.25, -0.2) is 28.1 Å². The van der Waals surface area contributed by atoms with Gasteiger partial charge in [-0.2, -0.15) is 0 Å². The summed E-state index contributed by atoms with van der Waals surface area (Å²) < 4.78 is 83.7. The summed E-state index contributed by atoms with van der Waals surface area (Å²) in [5.41, 5.74) is -5.78. The van der Waals surface area contributed by atoms with Gasteiger partial charge < -0.3 is 71.1 Å². The fourth-order valence-corrected chi connectivity index (χ4v) is 8.73. The molecular formula is C70H123N3O28. The third-order valence-electron chi connectivity index (χ3n) is 14.3. The van der Waals surface area contributed by atoms with E-state index >= 15 is 0 Å². The third-order valence-corrected chi connectivity index (χ3v) is 14.3. The Morgan fingerprint density at radius 1 is 0.228 bits per heavy atom. The fraction of sp³-hybridized carbons (Fsp3) is 0.814. The maximum absolute atomic E-state index is 12.4. The van der Waals surface area contributed by atoms with Crippen LogP contribution in [0.3, 0.4) is 0 Å². The Morgan fingerprint density at radius 3 is 0.465 bits per heavy atom. The van der Waals surface area contributed by atoms with Crippen LogP contribution in [0.2, 0.25) is 0 Å². The first-order valence-corrected chi connectivity index (χ1v) is 34.9. The summed E-state index contributed by atoms with van der Waals surface area (Å²) in [6.07, 6.45) is 7.62. The van der Waals surface area contributed by atoms with Crippen LogP contribution < -0.4 is 17.1 Å². The Balaban J connectivity index is -0.00000148. The number of aromatic nitrogens is 3. The Hall–Kier alpha value is -7.09. The predicted molar refractivity (Wildman–Crippen MR) is 369 cm³/mol. The number of carbonyl (C=O) groups is 10. The summed E-state index contributed by atoms with van der Waals surface area (Å²) in [7, 11) is 10.6. The lowest BCUT2D eigenvalue weighted by molar-refractivity contribution is -0.177. The summed E-state index contributed by atoms with van der Waals surface area (Å²) in [6.45, 7) is 17.6. The van der Waals surface area contributed by atoms with Crippen molar-refractivity contribution < 1.29 is 119 Å². The second-order valence-electron chi connectivity index (χ2n) is 24.9. The fourth-order valence-electron chi connectivity index (χ4n) is 8.73. The molecule has 31 heteroatoms. The summed E-state index contributed by atoms with van der Waals surface area (Å²) in [4.78, 5) is 155. The number of esters is 10. The van der Waals surface area contributed by atoms with E-state index in [1.54, 1.807) is 28.4 Å². The standard InChI is InChI=1S/C34H58O13.C21H36O8.C9H20O4.C6H9N3O3/c1-7-13-27(35)42-21-33(22-43-28(36)14-8-2,23-44-29(37)15-9-3)19-41-20-34(24-45-30(38)16-10-4,25-46-31(39)17-11-5)26-47-32(40)18-12-6;1-5-9-17(22)26-13-21(14-27-18(23)10-6-2,15-28-19(24)11-7-3)16-29-20(25)12-8-4;1-10-5-9(6-11-2,7-12-3)8-13-4;1-7-4(10)8(2)6(12)9(3)5(7)11/h7-26H2,1-6H3;5-16H2,1-4H3;5-8H2,1-4H3;1-3H3. The van der Waals surface area contributed by atoms with Crippen molar-refractivity contribution in [2.24, 2.45) is 42.8 Å². The van der Waals surface area contributed by atoms with Gasteiger partial charge in [-0.15, -0.1) is 0 Å². The molecule has 0 radical (unpaired) electrons. The first-order valence-electron chi connectivity index (χ1n) is 34.9. The molecule has 0 unspecified atom stereocenters. The molecule has 586 valence electrons. The predicted octanol–water partition coefficient (Wildman–Crippen LogP) is 6.72. The van der Waals surface area contributed by atoms with Gasteiger partial charge in [-0.3, -0.25) is 47.9 Å². The van der Waals surface area contributed by atoms with Crippen molar-refractivity contribution in [1.29, 1.82) is 0 Å². The van der Waals surface area contributed by atoms with Crippen LogP contribution in [-0.2, 0) is 140 Å². The topological polar surface area (TPSA) is 375 Å². The monoisotopic (exact) mass is 1450 g/mol. The molecule has 0 spiro atoms. The summed E-state index contributed by atoms with van der Waals surface area (Å²) in [5.74, 6) is -4.60. The average Bonchev–Trinajstić information content (AvgIpc) is 0.907. The number of hydrogen-bond donors (Lipinski definition) is 0. The zero-order valence-corrected chi connectivity index (χ0v) is 63.7. The second-order valence-corrected chi connectivity index (χ2v) is 24.9. The van der Waals surface area contributed by atoms with Gasteiger partial charge in [0.05, 0.1) is 55.9 Å². The highest BCUT2D eigenvalue weighted by Crippen LogP contribution is 2.28. The first kappa shape index (κ1) is 98.1. The molecule has 0 aliphatic carbocycles. The number of rotatable bonds is 52. The highest BCUT2D eigenvalue weighted by atomic mass is 16.6. The molecule has 101 heavy (non-hydrogen) atoms. The van der Waals surface area contributed by atoms with Crippen LogP contribution in [0, 0.1) is 21.7 Å². The van der Waals surface area contributed by atoms with Crippen molar-refractivity contribution in [3.63, 3.8) is 0 Å². The third kappa shape index (κ3) is 44.8. The molecule has 0 fully saturated rings. The van der Waals surface area contributed by atoms with Gasteiger partial charge in [0.1, 0.15) is 71.5 Å². The van der Waals surface area contributed by atoms with E-state index in [2.05, 4.69) is 0 Å². The van der Waals surface area contributed by atoms with Crippen molar-refractivity contribution >= 4 is 59.7 Å². The lowest BCUT2D eigenvalue weighted by atomic mass is 9.90. The summed E-state index contributed by atoms with van der Waals surface area (Å²) in [6, 6.07) is 0. The Kier molecular flexibility index (Phi) is 56.7. The molecule has 1 aromatic rings. The number of hydrogen-bond acceptors (Lipinski definition) is 28. The highest BCUT2D eigenvalue weighted by Gasteiger charge is 2.42. The number of nitrogens with zero attached hydrogens (tertiary/aromatic N) is 3. The molecule has 0 N–H and O–H groups in total. The zero-order chi connectivity index (χ0) is 77.3. The van der Waals surface area contributed by atoms with Gasteiger partial charge in [0.25, 0.3) is 0 Å². The van der Waals surface area contributed by atoms with Crippen molar-refractivity contribution in [3.05, 3.63) is 31.5 Å². The minimum atomic E-state index is -1.31. The SMILES string of the molecule is CCCC(=O)OCC(COC(=O)CCC)(COC(=O)CCC)COC(=O)CCC.CCCC(=O)OCC(COCC(COC(=O)CCC)(COC(=O)CCC)COC(=O)CCC)(COC(=O)CCC)COC(=O)CCC.COCC(COC)(COC)COC.Cn1c(=O)n(C)c(=O)n(C)c1=O. The Labute approximate surface area is 596 Å². The van der Waals surface area contributed by atoms with Gasteiger partial charge in [0, 0.05) is 114 Å². The van der Waals surface area contributed by atoms with E-state index in [0.717, 1.165) is 13.7 Å². The zero-order valence-electron chi connectivity index (χ0n) is 63.7. The molecule has 31 nitrogen and oxygen atoms in total. The van der Waals surface area contributed by atoms with Crippen LogP contribution in [0.1, 0.15) is 198 Å². The molecule has 0 atom stereocenters. The summed E-state index contributed by atoms with van der Waals surface area (Å²) >= 11 is 0. The second kappa shape index (κ2) is 58.4. The molecule has 0 amide bonds. The van der Waals surface area contributed by atoms with Crippen LogP contribution >= 0.6 is 0 Å². The van der Waals surface area contributed by atoms with Crippen LogP contribution in [-0.4, -0.2) is 208 Å². The molecule has 1 aromatic heterocycles. The molecular weight excluding hydrogens is 1330 g/mol. The van der Waals surface area contributed by atoms with Crippen LogP contribution in [0.5, 0.6) is 0 Å². The number of carbonyl (C=O) groups excluding carboxylic acids is 10. The lowest BCUT2D eigenvalue weighted by Crippen LogP contribution is -2.51.